The normalized spacial score (nSPS) is 10.7. The second-order valence-electron chi connectivity index (χ2n) is 5.95. The number of nitrogens with zero attached hydrogens (tertiary/aromatic N) is 2. The number of aromatic amines is 1. The maximum atomic E-state index is 12.1. The Balaban J connectivity index is 2.07. The van der Waals surface area contributed by atoms with E-state index in [0.717, 1.165) is 11.3 Å². The summed E-state index contributed by atoms with van der Waals surface area (Å²) in [6.07, 6.45) is 0.715. The molecule has 0 aliphatic carbocycles. The molecule has 2 rings (SSSR count). The van der Waals surface area contributed by atoms with Gasteiger partial charge in [-0.05, 0) is 37.3 Å². The number of aryl methyl sites for hydroxylation is 1. The van der Waals surface area contributed by atoms with Crippen LogP contribution in [0.2, 0.25) is 0 Å². The Morgan fingerprint density at radius 1 is 1.46 bits per heavy atom. The van der Waals surface area contributed by atoms with Crippen molar-refractivity contribution >= 4 is 22.4 Å². The molecule has 2 aromatic heterocycles. The first kappa shape index (κ1) is 17.9. The first-order chi connectivity index (χ1) is 11.3. The van der Waals surface area contributed by atoms with E-state index in [1.165, 1.54) is 11.3 Å². The van der Waals surface area contributed by atoms with Gasteiger partial charge < -0.3 is 10.3 Å². The zero-order chi connectivity index (χ0) is 17.9. The predicted molar refractivity (Wildman–Crippen MR) is 94.4 cm³/mol. The molecule has 0 fully saturated rings. The third-order valence-electron chi connectivity index (χ3n) is 3.88. The van der Waals surface area contributed by atoms with Crippen molar-refractivity contribution in [3.05, 3.63) is 43.8 Å². The fraction of sp³-hybridized carbons (Fsp3) is 0.412. The summed E-state index contributed by atoms with van der Waals surface area (Å²) in [5.41, 5.74) is 2.86. The number of thiazole rings is 1. The van der Waals surface area contributed by atoms with E-state index in [1.54, 1.807) is 13.8 Å². The molecule has 24 heavy (non-hydrogen) atoms. The molecule has 0 unspecified atom stereocenters. The lowest BCUT2D eigenvalue weighted by Crippen LogP contribution is -2.18. The van der Waals surface area contributed by atoms with Crippen LogP contribution >= 0.6 is 11.3 Å². The van der Waals surface area contributed by atoms with Gasteiger partial charge in [-0.15, -0.1) is 11.3 Å². The smallest absolute Gasteiger partial charge is 0.266 e. The second-order valence-corrected chi connectivity index (χ2v) is 6.81. The van der Waals surface area contributed by atoms with Crippen molar-refractivity contribution in [3.8, 4) is 6.07 Å². The van der Waals surface area contributed by atoms with Crippen molar-refractivity contribution in [1.29, 1.82) is 5.26 Å². The summed E-state index contributed by atoms with van der Waals surface area (Å²) in [6, 6.07) is 1.92. The van der Waals surface area contributed by atoms with Crippen LogP contribution < -0.4 is 10.9 Å². The van der Waals surface area contributed by atoms with E-state index < -0.39 is 0 Å². The number of carbonyl (C=O) groups is 1. The maximum absolute atomic E-state index is 12.1. The summed E-state index contributed by atoms with van der Waals surface area (Å²) in [4.78, 5) is 30.9. The number of carbonyl (C=O) groups excluding carboxylic acids is 1. The van der Waals surface area contributed by atoms with Crippen LogP contribution in [0.25, 0.3) is 0 Å². The standard InChI is InChI=1S/C17H20N4O2S/c1-9(2)14-8-24-17(20-14)21-15(22)6-5-12-10(3)13(7-18)16(23)19-11(12)4/h8-9H,5-6H2,1-4H3,(H,19,23)(H,20,21,22). The van der Waals surface area contributed by atoms with Gasteiger partial charge in [0.25, 0.3) is 5.56 Å². The second kappa shape index (κ2) is 7.41. The molecule has 0 aliphatic rings. The molecular formula is C17H20N4O2S. The summed E-state index contributed by atoms with van der Waals surface area (Å²) in [6.45, 7) is 7.62. The molecule has 2 heterocycles. The van der Waals surface area contributed by atoms with Crippen molar-refractivity contribution in [1.82, 2.24) is 9.97 Å². The number of amides is 1. The molecular weight excluding hydrogens is 324 g/mol. The zero-order valence-electron chi connectivity index (χ0n) is 14.2. The molecule has 0 aliphatic heterocycles. The summed E-state index contributed by atoms with van der Waals surface area (Å²) in [5.74, 6) is 0.186. The molecule has 126 valence electrons. The number of rotatable bonds is 5. The Bertz CT molecular complexity index is 858. The van der Waals surface area contributed by atoms with Crippen LogP contribution in [-0.4, -0.2) is 15.9 Å². The van der Waals surface area contributed by atoms with Gasteiger partial charge in [0.1, 0.15) is 11.6 Å². The highest BCUT2D eigenvalue weighted by Crippen LogP contribution is 2.22. The molecule has 0 saturated heterocycles. The molecule has 6 nitrogen and oxygen atoms in total. The lowest BCUT2D eigenvalue weighted by atomic mass is 9.99. The van der Waals surface area contributed by atoms with E-state index in [0.29, 0.717) is 28.7 Å². The lowest BCUT2D eigenvalue weighted by Gasteiger charge is -2.10. The van der Waals surface area contributed by atoms with Crippen molar-refractivity contribution in [3.63, 3.8) is 0 Å². The number of anilines is 1. The number of nitrogens with one attached hydrogen (secondary N) is 2. The Morgan fingerprint density at radius 2 is 2.17 bits per heavy atom. The molecule has 0 atom stereocenters. The van der Waals surface area contributed by atoms with Gasteiger partial charge in [-0.25, -0.2) is 4.98 Å². The minimum atomic E-state index is -0.385. The SMILES string of the molecule is Cc1[nH]c(=O)c(C#N)c(C)c1CCC(=O)Nc1nc(C(C)C)cs1. The van der Waals surface area contributed by atoms with Crippen LogP contribution in [0, 0.1) is 25.2 Å². The number of H-pyrrole nitrogens is 1. The van der Waals surface area contributed by atoms with Gasteiger partial charge in [0.2, 0.25) is 5.91 Å². The van der Waals surface area contributed by atoms with Crippen molar-refractivity contribution in [2.45, 2.75) is 46.5 Å². The maximum Gasteiger partial charge on any atom is 0.266 e. The predicted octanol–water partition coefficient (Wildman–Crippen LogP) is 3.01. The average Bonchev–Trinajstić information content (AvgIpc) is 2.95. The van der Waals surface area contributed by atoms with Gasteiger partial charge in [0, 0.05) is 17.5 Å². The van der Waals surface area contributed by atoms with Gasteiger partial charge in [0.15, 0.2) is 5.13 Å². The summed E-state index contributed by atoms with van der Waals surface area (Å²) >= 11 is 1.41. The van der Waals surface area contributed by atoms with Crippen LogP contribution in [0.5, 0.6) is 0 Å². The Hall–Kier alpha value is -2.46. The number of nitriles is 1. The highest BCUT2D eigenvalue weighted by atomic mass is 32.1. The number of hydrogen-bond donors (Lipinski definition) is 2. The number of pyridine rings is 1. The van der Waals surface area contributed by atoms with Crippen LogP contribution in [0.15, 0.2) is 10.2 Å². The zero-order valence-corrected chi connectivity index (χ0v) is 15.0. The van der Waals surface area contributed by atoms with E-state index in [1.807, 2.05) is 11.4 Å². The monoisotopic (exact) mass is 344 g/mol. The highest BCUT2D eigenvalue weighted by molar-refractivity contribution is 7.13. The van der Waals surface area contributed by atoms with Crippen LogP contribution in [-0.2, 0) is 11.2 Å². The first-order valence-electron chi connectivity index (χ1n) is 7.71. The van der Waals surface area contributed by atoms with Crippen molar-refractivity contribution in [2.24, 2.45) is 0 Å². The number of aromatic nitrogens is 2. The van der Waals surface area contributed by atoms with Crippen molar-refractivity contribution < 1.29 is 4.79 Å². The Kier molecular flexibility index (Phi) is 5.52. The largest absolute Gasteiger partial charge is 0.325 e. The minimum Gasteiger partial charge on any atom is -0.325 e. The van der Waals surface area contributed by atoms with Crippen molar-refractivity contribution in [2.75, 3.05) is 5.32 Å². The van der Waals surface area contributed by atoms with Gasteiger partial charge in [-0.2, -0.15) is 5.26 Å². The molecule has 2 aromatic rings. The summed E-state index contributed by atoms with van der Waals surface area (Å²) < 4.78 is 0. The van der Waals surface area contributed by atoms with Crippen LogP contribution in [0.4, 0.5) is 5.13 Å². The van der Waals surface area contributed by atoms with Crippen LogP contribution in [0.1, 0.15) is 54.3 Å². The Morgan fingerprint density at radius 3 is 2.75 bits per heavy atom. The lowest BCUT2D eigenvalue weighted by molar-refractivity contribution is -0.116. The highest BCUT2D eigenvalue weighted by Gasteiger charge is 2.14. The topological polar surface area (TPSA) is 98.6 Å². The molecule has 0 spiro atoms. The average molecular weight is 344 g/mol. The molecule has 2 N–H and O–H groups in total. The van der Waals surface area contributed by atoms with E-state index in [-0.39, 0.29) is 23.5 Å². The molecule has 0 saturated carbocycles. The fourth-order valence-corrected chi connectivity index (χ4v) is 3.34. The number of hydrogen-bond acceptors (Lipinski definition) is 5. The molecule has 7 heteroatoms. The Labute approximate surface area is 144 Å². The molecule has 0 aromatic carbocycles. The summed E-state index contributed by atoms with van der Waals surface area (Å²) in [5, 5.41) is 14.4. The van der Waals surface area contributed by atoms with Gasteiger partial charge in [0.05, 0.1) is 5.69 Å². The van der Waals surface area contributed by atoms with Gasteiger partial charge >= 0.3 is 0 Å². The van der Waals surface area contributed by atoms with E-state index >= 15 is 0 Å². The van der Waals surface area contributed by atoms with Gasteiger partial charge in [-0.1, -0.05) is 13.8 Å². The van der Waals surface area contributed by atoms with E-state index in [9.17, 15) is 9.59 Å². The summed E-state index contributed by atoms with van der Waals surface area (Å²) in [7, 11) is 0. The molecule has 0 bridgehead atoms. The van der Waals surface area contributed by atoms with E-state index in [2.05, 4.69) is 29.1 Å². The fourth-order valence-electron chi connectivity index (χ4n) is 2.45. The third-order valence-corrected chi connectivity index (χ3v) is 4.66. The quantitative estimate of drug-likeness (QED) is 0.871. The first-order valence-corrected chi connectivity index (χ1v) is 8.59. The molecule has 0 radical (unpaired) electrons. The molecule has 1 amide bonds. The minimum absolute atomic E-state index is 0.109. The van der Waals surface area contributed by atoms with E-state index in [4.69, 9.17) is 5.26 Å². The third kappa shape index (κ3) is 3.89. The van der Waals surface area contributed by atoms with Gasteiger partial charge in [-0.3, -0.25) is 9.59 Å². The van der Waals surface area contributed by atoms with Crippen LogP contribution in [0.3, 0.4) is 0 Å².